The van der Waals surface area contributed by atoms with Crippen molar-refractivity contribution in [1.29, 1.82) is 0 Å². The molecule has 0 spiro atoms. The highest BCUT2D eigenvalue weighted by Crippen LogP contribution is 2.40. The first kappa shape index (κ1) is 24.6. The summed E-state index contributed by atoms with van der Waals surface area (Å²) in [6, 6.07) is 11.9. The van der Waals surface area contributed by atoms with E-state index < -0.39 is 12.3 Å². The molecule has 0 aliphatic heterocycles. The van der Waals surface area contributed by atoms with E-state index in [2.05, 4.69) is 4.74 Å². The van der Waals surface area contributed by atoms with Crippen LogP contribution in [0.15, 0.2) is 78.1 Å². The molecule has 2 aliphatic rings. The van der Waals surface area contributed by atoms with Gasteiger partial charge < -0.3 is 14.6 Å². The molecule has 2 aromatic rings. The van der Waals surface area contributed by atoms with Gasteiger partial charge in [-0.2, -0.15) is 0 Å². The van der Waals surface area contributed by atoms with Gasteiger partial charge in [0, 0.05) is 12.3 Å². The fourth-order valence-corrected chi connectivity index (χ4v) is 4.72. The summed E-state index contributed by atoms with van der Waals surface area (Å²) in [4.78, 5) is 11.2. The van der Waals surface area contributed by atoms with Crippen LogP contribution in [0.3, 0.4) is 0 Å². The minimum Gasteiger partial charge on any atom is -0.490 e. The number of fused-ring (bicyclic) bond motifs is 1. The molecule has 0 saturated heterocycles. The molecular formula is C28H27F3O4. The summed E-state index contributed by atoms with van der Waals surface area (Å²) < 4.78 is 48.1. The first-order valence-electron chi connectivity index (χ1n) is 11.6. The second kappa shape index (κ2) is 10.4. The zero-order valence-electron chi connectivity index (χ0n) is 19.3. The van der Waals surface area contributed by atoms with Crippen molar-refractivity contribution in [3.63, 3.8) is 0 Å². The van der Waals surface area contributed by atoms with Crippen LogP contribution in [0.2, 0.25) is 0 Å². The van der Waals surface area contributed by atoms with Gasteiger partial charge in [0.2, 0.25) is 0 Å². The lowest BCUT2D eigenvalue weighted by atomic mass is 9.88. The van der Waals surface area contributed by atoms with E-state index in [-0.39, 0.29) is 24.2 Å². The molecule has 2 atom stereocenters. The first-order valence-corrected chi connectivity index (χ1v) is 11.6. The predicted octanol–water partition coefficient (Wildman–Crippen LogP) is 7.53. The maximum atomic E-state index is 12.6. The highest BCUT2D eigenvalue weighted by Gasteiger charge is 2.31. The predicted molar refractivity (Wildman–Crippen MR) is 127 cm³/mol. The fourth-order valence-electron chi connectivity index (χ4n) is 4.72. The Labute approximate surface area is 202 Å². The van der Waals surface area contributed by atoms with E-state index in [9.17, 15) is 23.1 Å². The lowest BCUT2D eigenvalue weighted by molar-refractivity contribution is -0.274. The maximum Gasteiger partial charge on any atom is 0.573 e. The highest BCUT2D eigenvalue weighted by molar-refractivity contribution is 5.68. The van der Waals surface area contributed by atoms with Crippen molar-refractivity contribution < 1.29 is 32.5 Å². The Morgan fingerprint density at radius 3 is 2.60 bits per heavy atom. The second-order valence-corrected chi connectivity index (χ2v) is 8.74. The Balaban J connectivity index is 1.46. The van der Waals surface area contributed by atoms with E-state index in [1.807, 2.05) is 49.4 Å². The zero-order valence-corrected chi connectivity index (χ0v) is 19.3. The van der Waals surface area contributed by atoms with Gasteiger partial charge in [-0.15, -0.1) is 13.2 Å². The van der Waals surface area contributed by atoms with Gasteiger partial charge in [-0.1, -0.05) is 54.1 Å². The van der Waals surface area contributed by atoms with Crippen molar-refractivity contribution in [2.75, 3.05) is 0 Å². The summed E-state index contributed by atoms with van der Waals surface area (Å²) in [6.07, 6.45) is 6.11. The SMILES string of the molecule is CC=C[C@@H](CC(=O)O)C1=CC=C(OC2CCc3cc(-c4cccc(OC(F)(F)F)c4)ccc32)CC1. The van der Waals surface area contributed by atoms with Gasteiger partial charge >= 0.3 is 12.3 Å². The summed E-state index contributed by atoms with van der Waals surface area (Å²) >= 11 is 0. The number of hydrogen-bond donors (Lipinski definition) is 1. The van der Waals surface area contributed by atoms with Crippen LogP contribution < -0.4 is 4.74 Å². The van der Waals surface area contributed by atoms with Crippen LogP contribution in [-0.2, 0) is 16.0 Å². The molecule has 0 heterocycles. The highest BCUT2D eigenvalue weighted by atomic mass is 19.4. The van der Waals surface area contributed by atoms with Crippen molar-refractivity contribution >= 4 is 5.97 Å². The number of benzene rings is 2. The van der Waals surface area contributed by atoms with Crippen molar-refractivity contribution in [2.24, 2.45) is 5.92 Å². The lowest BCUT2D eigenvalue weighted by Crippen LogP contribution is -2.17. The van der Waals surface area contributed by atoms with Crippen LogP contribution in [0.4, 0.5) is 13.2 Å². The molecule has 1 unspecified atom stereocenters. The quantitative estimate of drug-likeness (QED) is 0.394. The Kier molecular flexibility index (Phi) is 7.34. The van der Waals surface area contributed by atoms with Crippen LogP contribution in [0.1, 0.15) is 49.8 Å². The molecule has 0 fully saturated rings. The molecule has 7 heteroatoms. The molecule has 0 saturated carbocycles. The van der Waals surface area contributed by atoms with Gasteiger partial charge in [0.15, 0.2) is 0 Å². The molecule has 0 amide bonds. The monoisotopic (exact) mass is 484 g/mol. The molecule has 2 aliphatic carbocycles. The van der Waals surface area contributed by atoms with Crippen molar-refractivity contribution in [1.82, 2.24) is 0 Å². The summed E-state index contributed by atoms with van der Waals surface area (Å²) in [5.74, 6) is -0.293. The average molecular weight is 485 g/mol. The number of alkyl halides is 3. The average Bonchev–Trinajstić information content (AvgIpc) is 3.20. The molecule has 0 radical (unpaired) electrons. The number of rotatable bonds is 8. The molecule has 4 nitrogen and oxygen atoms in total. The minimum atomic E-state index is -4.73. The lowest BCUT2D eigenvalue weighted by Gasteiger charge is -2.23. The largest absolute Gasteiger partial charge is 0.573 e. The number of aryl methyl sites for hydroxylation is 1. The topological polar surface area (TPSA) is 55.8 Å². The fraction of sp³-hybridized carbons (Fsp3) is 0.321. The molecule has 184 valence electrons. The van der Waals surface area contributed by atoms with Crippen molar-refractivity contribution in [3.8, 4) is 16.9 Å². The van der Waals surface area contributed by atoms with E-state index in [0.717, 1.165) is 53.7 Å². The summed E-state index contributed by atoms with van der Waals surface area (Å²) in [7, 11) is 0. The number of allylic oxidation sites excluding steroid dienone is 6. The van der Waals surface area contributed by atoms with Gasteiger partial charge in [0.05, 0.1) is 12.2 Å². The van der Waals surface area contributed by atoms with Crippen LogP contribution in [0, 0.1) is 5.92 Å². The van der Waals surface area contributed by atoms with Gasteiger partial charge in [-0.3, -0.25) is 4.79 Å². The number of halogens is 3. The van der Waals surface area contributed by atoms with E-state index in [1.165, 1.54) is 12.1 Å². The van der Waals surface area contributed by atoms with Gasteiger partial charge in [-0.25, -0.2) is 0 Å². The van der Waals surface area contributed by atoms with Crippen LogP contribution in [0.5, 0.6) is 5.75 Å². The number of carboxylic acids is 1. The van der Waals surface area contributed by atoms with E-state index in [4.69, 9.17) is 4.74 Å². The minimum absolute atomic E-state index is 0.0732. The zero-order chi connectivity index (χ0) is 25.0. The second-order valence-electron chi connectivity index (χ2n) is 8.74. The van der Waals surface area contributed by atoms with E-state index in [0.29, 0.717) is 5.56 Å². The Hall–Kier alpha value is -3.48. The first-order chi connectivity index (χ1) is 16.7. The molecule has 2 aromatic carbocycles. The molecule has 1 N–H and O–H groups in total. The van der Waals surface area contributed by atoms with Crippen LogP contribution in [0.25, 0.3) is 11.1 Å². The summed E-state index contributed by atoms with van der Waals surface area (Å²) in [6.45, 7) is 1.89. The molecular weight excluding hydrogens is 457 g/mol. The Morgan fingerprint density at radius 1 is 1.11 bits per heavy atom. The Morgan fingerprint density at radius 2 is 1.91 bits per heavy atom. The third kappa shape index (κ3) is 6.35. The number of aliphatic carboxylic acids is 1. The molecule has 0 bridgehead atoms. The van der Waals surface area contributed by atoms with Crippen LogP contribution in [-0.4, -0.2) is 17.4 Å². The van der Waals surface area contributed by atoms with Gasteiger partial charge in [-0.05, 0) is 66.6 Å². The van der Waals surface area contributed by atoms with E-state index >= 15 is 0 Å². The number of carboxylic acid groups (broad SMARTS) is 1. The van der Waals surface area contributed by atoms with Gasteiger partial charge in [0.1, 0.15) is 11.9 Å². The third-order valence-electron chi connectivity index (χ3n) is 6.30. The molecule has 4 rings (SSSR count). The van der Waals surface area contributed by atoms with Crippen LogP contribution >= 0.6 is 0 Å². The Bertz CT molecular complexity index is 1180. The third-order valence-corrected chi connectivity index (χ3v) is 6.30. The molecule has 0 aromatic heterocycles. The number of ether oxygens (including phenoxy) is 2. The number of hydrogen-bond acceptors (Lipinski definition) is 3. The van der Waals surface area contributed by atoms with E-state index in [1.54, 1.807) is 12.1 Å². The maximum absolute atomic E-state index is 12.6. The van der Waals surface area contributed by atoms with Crippen molar-refractivity contribution in [2.45, 2.75) is 51.5 Å². The summed E-state index contributed by atoms with van der Waals surface area (Å²) in [5.41, 5.74) is 4.78. The molecule has 35 heavy (non-hydrogen) atoms. The smallest absolute Gasteiger partial charge is 0.490 e. The standard InChI is InChI=1S/C28H27F3O4/c1-2-4-19(17-27(32)33)18-7-11-23(12-8-18)34-26-14-10-22-15-21(9-13-25(22)26)20-5-3-6-24(16-20)35-28(29,30)31/h2-7,9,11,13,15-16,19,26H,8,10,12,14,17H2,1H3,(H,32,33)/t19-,26?/m0/s1. The van der Waals surface area contributed by atoms with Crippen molar-refractivity contribution in [3.05, 3.63) is 89.2 Å². The normalized spacial score (nSPS) is 18.6. The van der Waals surface area contributed by atoms with Gasteiger partial charge in [0.25, 0.3) is 0 Å². The summed E-state index contributed by atoms with van der Waals surface area (Å²) in [5, 5.41) is 9.17. The number of carbonyl (C=O) groups is 1.